The summed E-state index contributed by atoms with van der Waals surface area (Å²) in [6, 6.07) is 6.40. The highest BCUT2D eigenvalue weighted by Gasteiger charge is 2.01. The van der Waals surface area contributed by atoms with E-state index in [0.29, 0.717) is 0 Å². The summed E-state index contributed by atoms with van der Waals surface area (Å²) in [5.74, 6) is 0. The van der Waals surface area contributed by atoms with Crippen LogP contribution in [0.4, 0.5) is 0 Å². The number of rotatable bonds is 5. The molecule has 2 heteroatoms. The van der Waals surface area contributed by atoms with Crippen LogP contribution in [0.25, 0.3) is 10.9 Å². The lowest BCUT2D eigenvalue weighted by atomic mass is 10.0. The van der Waals surface area contributed by atoms with Crippen LogP contribution in [-0.2, 0) is 6.42 Å². The molecule has 0 spiro atoms. The Balaban J connectivity index is 2.04. The summed E-state index contributed by atoms with van der Waals surface area (Å²) in [4.78, 5) is 0. The van der Waals surface area contributed by atoms with E-state index in [4.69, 9.17) is 0 Å². The molecule has 0 aliphatic heterocycles. The first-order chi connectivity index (χ1) is 7.42. The van der Waals surface area contributed by atoms with E-state index < -0.39 is 0 Å². The van der Waals surface area contributed by atoms with Crippen molar-refractivity contribution in [3.63, 3.8) is 0 Å². The summed E-state index contributed by atoms with van der Waals surface area (Å²) in [7, 11) is 0. The minimum Gasteiger partial charge on any atom is -0.278 e. The van der Waals surface area contributed by atoms with Gasteiger partial charge in [-0.05, 0) is 24.5 Å². The van der Waals surface area contributed by atoms with Crippen molar-refractivity contribution in [3.8, 4) is 0 Å². The van der Waals surface area contributed by atoms with E-state index in [0.717, 1.165) is 5.52 Å². The molecule has 0 saturated heterocycles. The van der Waals surface area contributed by atoms with Gasteiger partial charge in [0, 0.05) is 5.39 Å². The molecule has 0 fully saturated rings. The molecule has 0 aliphatic carbocycles. The summed E-state index contributed by atoms with van der Waals surface area (Å²) in [5.41, 5.74) is 2.58. The zero-order valence-electron chi connectivity index (χ0n) is 9.29. The first-order valence-electron chi connectivity index (χ1n) is 5.83. The quantitative estimate of drug-likeness (QED) is 0.736. The van der Waals surface area contributed by atoms with Crippen LogP contribution in [0.3, 0.4) is 0 Å². The summed E-state index contributed by atoms with van der Waals surface area (Å²) >= 11 is 0. The number of aromatic nitrogens is 2. The highest BCUT2D eigenvalue weighted by Crippen LogP contribution is 2.18. The summed E-state index contributed by atoms with van der Waals surface area (Å²) < 4.78 is 0. The Labute approximate surface area is 90.7 Å². The highest BCUT2D eigenvalue weighted by molar-refractivity contribution is 5.81. The van der Waals surface area contributed by atoms with E-state index in [1.54, 1.807) is 0 Å². The molecule has 2 nitrogen and oxygen atoms in total. The van der Waals surface area contributed by atoms with Crippen molar-refractivity contribution >= 4 is 10.9 Å². The van der Waals surface area contributed by atoms with Gasteiger partial charge in [-0.1, -0.05) is 38.3 Å². The molecule has 0 atom stereocenters. The normalized spacial score (nSPS) is 11.0. The van der Waals surface area contributed by atoms with Crippen molar-refractivity contribution in [1.82, 2.24) is 10.2 Å². The molecule has 2 rings (SSSR count). The molecule has 0 radical (unpaired) electrons. The van der Waals surface area contributed by atoms with E-state index in [1.165, 1.54) is 43.1 Å². The molecule has 15 heavy (non-hydrogen) atoms. The van der Waals surface area contributed by atoms with E-state index >= 15 is 0 Å². The summed E-state index contributed by atoms with van der Waals surface area (Å²) in [6.07, 6.45) is 8.39. The van der Waals surface area contributed by atoms with Crippen LogP contribution in [-0.4, -0.2) is 10.2 Å². The molecule has 1 aromatic heterocycles. The fraction of sp³-hybridized carbons (Fsp3) is 0.462. The van der Waals surface area contributed by atoms with Crippen LogP contribution >= 0.6 is 0 Å². The second-order valence-corrected chi connectivity index (χ2v) is 4.06. The molecule has 2 aromatic rings. The predicted molar refractivity (Wildman–Crippen MR) is 63.9 cm³/mol. The fourth-order valence-corrected chi connectivity index (χ4v) is 1.99. The van der Waals surface area contributed by atoms with Gasteiger partial charge in [0.15, 0.2) is 0 Å². The number of fused-ring (bicyclic) bond motifs is 1. The average molecular weight is 202 g/mol. The monoisotopic (exact) mass is 202 g/mol. The van der Waals surface area contributed by atoms with E-state index in [1.807, 2.05) is 6.20 Å². The molecule has 0 unspecified atom stereocenters. The molecule has 80 valence electrons. The van der Waals surface area contributed by atoms with Crippen LogP contribution in [0.1, 0.15) is 38.2 Å². The number of hydrogen-bond donors (Lipinski definition) is 1. The Hall–Kier alpha value is -1.31. The number of unbranched alkanes of at least 4 members (excludes halogenated alkanes) is 3. The molecular weight excluding hydrogens is 184 g/mol. The Morgan fingerprint density at radius 1 is 1.20 bits per heavy atom. The van der Waals surface area contributed by atoms with Gasteiger partial charge in [-0.3, -0.25) is 5.10 Å². The van der Waals surface area contributed by atoms with E-state index in [-0.39, 0.29) is 0 Å². The number of nitrogens with one attached hydrogen (secondary N) is 1. The minimum absolute atomic E-state index is 1.16. The van der Waals surface area contributed by atoms with Crippen LogP contribution in [0, 0.1) is 0 Å². The van der Waals surface area contributed by atoms with Gasteiger partial charge in [0.1, 0.15) is 0 Å². The van der Waals surface area contributed by atoms with Crippen molar-refractivity contribution in [3.05, 3.63) is 30.0 Å². The summed E-state index contributed by atoms with van der Waals surface area (Å²) in [5, 5.41) is 8.38. The van der Waals surface area contributed by atoms with Gasteiger partial charge in [0.05, 0.1) is 11.7 Å². The van der Waals surface area contributed by atoms with Crippen LogP contribution in [0.5, 0.6) is 0 Å². The van der Waals surface area contributed by atoms with Gasteiger partial charge < -0.3 is 0 Å². The van der Waals surface area contributed by atoms with E-state index in [9.17, 15) is 0 Å². The zero-order chi connectivity index (χ0) is 10.5. The maximum absolute atomic E-state index is 4.08. The van der Waals surface area contributed by atoms with Crippen LogP contribution < -0.4 is 0 Å². The third-order valence-electron chi connectivity index (χ3n) is 2.87. The number of nitrogens with zero attached hydrogens (tertiary/aromatic N) is 1. The fourth-order valence-electron chi connectivity index (χ4n) is 1.99. The third-order valence-corrected chi connectivity index (χ3v) is 2.87. The average Bonchev–Trinajstić information content (AvgIpc) is 2.73. The van der Waals surface area contributed by atoms with Crippen LogP contribution in [0.2, 0.25) is 0 Å². The second-order valence-electron chi connectivity index (χ2n) is 4.06. The van der Waals surface area contributed by atoms with Gasteiger partial charge in [0.2, 0.25) is 0 Å². The molecule has 1 heterocycles. The molecule has 1 N–H and O–H groups in total. The first-order valence-corrected chi connectivity index (χ1v) is 5.83. The smallest absolute Gasteiger partial charge is 0.0653 e. The first kappa shape index (κ1) is 10.2. The highest BCUT2D eigenvalue weighted by atomic mass is 15.1. The Bertz CT molecular complexity index is 417. The number of benzene rings is 1. The number of aryl methyl sites for hydroxylation is 1. The molecule has 0 aliphatic rings. The lowest BCUT2D eigenvalue weighted by molar-refractivity contribution is 0.668. The van der Waals surface area contributed by atoms with Crippen molar-refractivity contribution in [2.75, 3.05) is 0 Å². The second kappa shape index (κ2) is 4.96. The van der Waals surface area contributed by atoms with Gasteiger partial charge in [-0.2, -0.15) is 5.10 Å². The standard InChI is InChI=1S/C13H18N2/c1-2-3-4-5-7-11-8-6-9-13-12(11)10-14-15-13/h6,8-10H,2-5,7H2,1H3,(H,14,15). The van der Waals surface area contributed by atoms with Crippen LogP contribution in [0.15, 0.2) is 24.4 Å². The summed E-state index contributed by atoms with van der Waals surface area (Å²) in [6.45, 7) is 2.25. The number of aromatic amines is 1. The lowest BCUT2D eigenvalue weighted by Gasteiger charge is -2.02. The minimum atomic E-state index is 1.16. The predicted octanol–water partition coefficient (Wildman–Crippen LogP) is 3.69. The van der Waals surface area contributed by atoms with Crippen molar-refractivity contribution < 1.29 is 0 Å². The maximum Gasteiger partial charge on any atom is 0.0653 e. The Morgan fingerprint density at radius 2 is 2.13 bits per heavy atom. The van der Waals surface area contributed by atoms with Gasteiger partial charge in [-0.25, -0.2) is 0 Å². The molecule has 0 saturated carbocycles. The van der Waals surface area contributed by atoms with Gasteiger partial charge >= 0.3 is 0 Å². The van der Waals surface area contributed by atoms with Crippen molar-refractivity contribution in [2.45, 2.75) is 39.0 Å². The Morgan fingerprint density at radius 3 is 3.00 bits per heavy atom. The van der Waals surface area contributed by atoms with Gasteiger partial charge in [0.25, 0.3) is 0 Å². The topological polar surface area (TPSA) is 28.7 Å². The lowest BCUT2D eigenvalue weighted by Crippen LogP contribution is -1.86. The molecular formula is C13H18N2. The van der Waals surface area contributed by atoms with Gasteiger partial charge in [-0.15, -0.1) is 0 Å². The molecule has 0 bridgehead atoms. The third kappa shape index (κ3) is 2.38. The zero-order valence-corrected chi connectivity index (χ0v) is 9.29. The van der Waals surface area contributed by atoms with Crippen molar-refractivity contribution in [1.29, 1.82) is 0 Å². The van der Waals surface area contributed by atoms with E-state index in [2.05, 4.69) is 35.3 Å². The number of H-pyrrole nitrogens is 1. The largest absolute Gasteiger partial charge is 0.278 e. The SMILES string of the molecule is CCCCCCc1cccc2[nH]ncc12. The van der Waals surface area contributed by atoms with Crippen molar-refractivity contribution in [2.24, 2.45) is 0 Å². The maximum atomic E-state index is 4.08. The molecule has 0 amide bonds. The molecule has 1 aromatic carbocycles. The number of hydrogen-bond acceptors (Lipinski definition) is 1. The Kier molecular flexibility index (Phi) is 3.38.